The van der Waals surface area contributed by atoms with Crippen LogP contribution in [0.25, 0.3) is 11.6 Å². The second-order valence-electron chi connectivity index (χ2n) is 2.94. The van der Waals surface area contributed by atoms with Crippen LogP contribution in [0.5, 0.6) is 0 Å². The molecule has 2 heterocycles. The number of aromatic nitrogens is 3. The van der Waals surface area contributed by atoms with Crippen LogP contribution >= 0.6 is 15.9 Å². The SMILES string of the molecule is C[C@H](N)c1nc(-c2ccc(Br)o2)n[nH]1. The van der Waals surface area contributed by atoms with Crippen LogP contribution in [0.2, 0.25) is 0 Å². The predicted octanol–water partition coefficient (Wildman–Crippen LogP) is 1.85. The van der Waals surface area contributed by atoms with Gasteiger partial charge in [0.25, 0.3) is 0 Å². The van der Waals surface area contributed by atoms with Gasteiger partial charge in [-0.25, -0.2) is 4.98 Å². The topological polar surface area (TPSA) is 80.7 Å². The van der Waals surface area contributed by atoms with E-state index < -0.39 is 0 Å². The number of H-pyrrole nitrogens is 1. The lowest BCUT2D eigenvalue weighted by Gasteiger charge is -1.95. The fourth-order valence-electron chi connectivity index (χ4n) is 1.02. The molecule has 0 amide bonds. The van der Waals surface area contributed by atoms with Gasteiger partial charge in [0.05, 0.1) is 6.04 Å². The number of halogens is 1. The van der Waals surface area contributed by atoms with Gasteiger partial charge in [-0.05, 0) is 35.0 Å². The van der Waals surface area contributed by atoms with Crippen molar-refractivity contribution in [2.75, 3.05) is 0 Å². The number of furan rings is 1. The maximum absolute atomic E-state index is 5.64. The second-order valence-corrected chi connectivity index (χ2v) is 3.72. The number of rotatable bonds is 2. The average Bonchev–Trinajstić information content (AvgIpc) is 2.70. The Balaban J connectivity index is 2.33. The maximum atomic E-state index is 5.64. The number of aromatic amines is 1. The minimum absolute atomic E-state index is 0.158. The molecule has 0 saturated heterocycles. The first kappa shape index (κ1) is 9.42. The van der Waals surface area contributed by atoms with Crippen molar-refractivity contribution in [1.82, 2.24) is 15.2 Å². The van der Waals surface area contributed by atoms with E-state index >= 15 is 0 Å². The largest absolute Gasteiger partial charge is 0.446 e. The van der Waals surface area contributed by atoms with E-state index in [9.17, 15) is 0 Å². The van der Waals surface area contributed by atoms with E-state index in [4.69, 9.17) is 10.2 Å². The first-order chi connectivity index (χ1) is 6.66. The van der Waals surface area contributed by atoms with Crippen molar-refractivity contribution in [2.24, 2.45) is 5.73 Å². The molecule has 0 saturated carbocycles. The quantitative estimate of drug-likeness (QED) is 0.860. The van der Waals surface area contributed by atoms with E-state index in [2.05, 4.69) is 31.1 Å². The zero-order valence-corrected chi connectivity index (χ0v) is 9.08. The van der Waals surface area contributed by atoms with Crippen LogP contribution in [0, 0.1) is 0 Å². The molecular formula is C8H9BrN4O. The summed E-state index contributed by atoms with van der Waals surface area (Å²) in [7, 11) is 0. The van der Waals surface area contributed by atoms with Crippen molar-refractivity contribution < 1.29 is 4.42 Å². The molecular weight excluding hydrogens is 248 g/mol. The first-order valence-electron chi connectivity index (χ1n) is 4.10. The number of nitrogens with two attached hydrogens (primary N) is 1. The fourth-order valence-corrected chi connectivity index (χ4v) is 1.33. The Labute approximate surface area is 88.8 Å². The van der Waals surface area contributed by atoms with E-state index in [-0.39, 0.29) is 6.04 Å². The summed E-state index contributed by atoms with van der Waals surface area (Å²) in [6.07, 6.45) is 0. The van der Waals surface area contributed by atoms with Crippen LogP contribution in [0.1, 0.15) is 18.8 Å². The Kier molecular flexibility index (Phi) is 2.39. The molecule has 0 spiro atoms. The molecule has 0 unspecified atom stereocenters. The molecule has 0 radical (unpaired) electrons. The van der Waals surface area contributed by atoms with E-state index in [0.717, 1.165) is 0 Å². The molecule has 2 aromatic heterocycles. The van der Waals surface area contributed by atoms with Crippen molar-refractivity contribution >= 4 is 15.9 Å². The lowest BCUT2D eigenvalue weighted by Crippen LogP contribution is -2.06. The summed E-state index contributed by atoms with van der Waals surface area (Å²) in [5.74, 6) is 1.77. The summed E-state index contributed by atoms with van der Waals surface area (Å²) in [6.45, 7) is 1.84. The number of hydrogen-bond acceptors (Lipinski definition) is 4. The average molecular weight is 257 g/mol. The van der Waals surface area contributed by atoms with Crippen molar-refractivity contribution in [3.8, 4) is 11.6 Å². The minimum atomic E-state index is -0.158. The lowest BCUT2D eigenvalue weighted by atomic mass is 10.3. The Morgan fingerprint density at radius 2 is 2.36 bits per heavy atom. The molecule has 3 N–H and O–H groups in total. The van der Waals surface area contributed by atoms with Gasteiger partial charge in [0.15, 0.2) is 10.4 Å². The van der Waals surface area contributed by atoms with Crippen LogP contribution in [0.3, 0.4) is 0 Å². The highest BCUT2D eigenvalue weighted by atomic mass is 79.9. The zero-order valence-electron chi connectivity index (χ0n) is 7.49. The second kappa shape index (κ2) is 3.55. The van der Waals surface area contributed by atoms with Crippen LogP contribution < -0.4 is 5.73 Å². The summed E-state index contributed by atoms with van der Waals surface area (Å²) < 4.78 is 5.95. The standard InChI is InChI=1S/C8H9BrN4O/c1-4(10)7-11-8(13-12-7)5-2-3-6(9)14-5/h2-4H,10H2,1H3,(H,11,12,13)/t4-/m0/s1. The third-order valence-corrected chi connectivity index (χ3v) is 2.15. The Bertz CT molecular complexity index is 434. The normalized spacial score (nSPS) is 13.1. The molecule has 0 bridgehead atoms. The molecule has 6 heteroatoms. The van der Waals surface area contributed by atoms with Crippen LogP contribution in [0.4, 0.5) is 0 Å². The third-order valence-electron chi connectivity index (χ3n) is 1.73. The highest BCUT2D eigenvalue weighted by Crippen LogP contribution is 2.22. The molecule has 0 aliphatic carbocycles. The summed E-state index contributed by atoms with van der Waals surface area (Å²) in [5, 5.41) is 6.74. The van der Waals surface area contributed by atoms with Gasteiger partial charge in [-0.1, -0.05) is 0 Å². The number of hydrogen-bond donors (Lipinski definition) is 2. The van der Waals surface area contributed by atoms with E-state index in [1.165, 1.54) is 0 Å². The molecule has 2 rings (SSSR count). The van der Waals surface area contributed by atoms with Gasteiger partial charge in [-0.15, -0.1) is 5.10 Å². The fraction of sp³-hybridized carbons (Fsp3) is 0.250. The highest BCUT2D eigenvalue weighted by molar-refractivity contribution is 9.10. The van der Waals surface area contributed by atoms with Crippen molar-refractivity contribution in [3.63, 3.8) is 0 Å². The third kappa shape index (κ3) is 1.71. The number of nitrogens with one attached hydrogen (secondary N) is 1. The van der Waals surface area contributed by atoms with Gasteiger partial charge in [-0.2, -0.15) is 0 Å². The Morgan fingerprint density at radius 3 is 2.86 bits per heavy atom. The molecule has 0 fully saturated rings. The van der Waals surface area contributed by atoms with Crippen molar-refractivity contribution in [2.45, 2.75) is 13.0 Å². The smallest absolute Gasteiger partial charge is 0.217 e. The molecule has 0 aromatic carbocycles. The zero-order chi connectivity index (χ0) is 10.1. The molecule has 74 valence electrons. The molecule has 2 aromatic rings. The molecule has 5 nitrogen and oxygen atoms in total. The predicted molar refractivity (Wildman–Crippen MR) is 54.4 cm³/mol. The summed E-state index contributed by atoms with van der Waals surface area (Å²) in [5.41, 5.74) is 5.64. The Morgan fingerprint density at radius 1 is 1.57 bits per heavy atom. The van der Waals surface area contributed by atoms with Gasteiger partial charge >= 0.3 is 0 Å². The van der Waals surface area contributed by atoms with Crippen LogP contribution in [0.15, 0.2) is 21.2 Å². The number of nitrogens with zero attached hydrogens (tertiary/aromatic N) is 2. The van der Waals surface area contributed by atoms with Gasteiger partial charge in [0.2, 0.25) is 5.82 Å². The van der Waals surface area contributed by atoms with Crippen LogP contribution in [-0.2, 0) is 0 Å². The van der Waals surface area contributed by atoms with Gasteiger partial charge < -0.3 is 10.2 Å². The van der Waals surface area contributed by atoms with E-state index in [0.29, 0.717) is 22.1 Å². The Hall–Kier alpha value is -1.14. The van der Waals surface area contributed by atoms with E-state index in [1.54, 1.807) is 12.1 Å². The van der Waals surface area contributed by atoms with Gasteiger partial charge in [-0.3, -0.25) is 5.10 Å². The first-order valence-corrected chi connectivity index (χ1v) is 4.89. The molecule has 0 aliphatic rings. The van der Waals surface area contributed by atoms with E-state index in [1.807, 2.05) is 6.92 Å². The van der Waals surface area contributed by atoms with Gasteiger partial charge in [0, 0.05) is 0 Å². The van der Waals surface area contributed by atoms with Crippen molar-refractivity contribution in [3.05, 3.63) is 22.6 Å². The minimum Gasteiger partial charge on any atom is -0.446 e. The highest BCUT2D eigenvalue weighted by Gasteiger charge is 2.11. The lowest BCUT2D eigenvalue weighted by molar-refractivity contribution is 0.551. The monoisotopic (exact) mass is 256 g/mol. The van der Waals surface area contributed by atoms with Gasteiger partial charge in [0.1, 0.15) is 5.82 Å². The summed E-state index contributed by atoms with van der Waals surface area (Å²) >= 11 is 3.21. The molecule has 14 heavy (non-hydrogen) atoms. The summed E-state index contributed by atoms with van der Waals surface area (Å²) in [4.78, 5) is 4.19. The van der Waals surface area contributed by atoms with Crippen molar-refractivity contribution in [1.29, 1.82) is 0 Å². The maximum Gasteiger partial charge on any atom is 0.217 e. The van der Waals surface area contributed by atoms with Crippen LogP contribution in [-0.4, -0.2) is 15.2 Å². The summed E-state index contributed by atoms with van der Waals surface area (Å²) in [6, 6.07) is 3.42. The molecule has 0 aliphatic heterocycles. The molecule has 1 atom stereocenters.